The van der Waals surface area contributed by atoms with E-state index in [0.29, 0.717) is 30.9 Å². The van der Waals surface area contributed by atoms with Crippen LogP contribution in [0.15, 0.2) is 37.1 Å². The largest absolute Gasteiger partial charge is 0.308 e. The first-order valence-electron chi connectivity index (χ1n) is 7.49. The van der Waals surface area contributed by atoms with E-state index in [9.17, 15) is 4.79 Å². The molecule has 1 N–H and O–H groups in total. The number of carbonyl (C=O) groups is 1. The monoisotopic (exact) mass is 345 g/mol. The Bertz CT molecular complexity index is 801. The second kappa shape index (κ2) is 7.22. The van der Waals surface area contributed by atoms with Crippen LogP contribution in [0.3, 0.4) is 0 Å². The minimum Gasteiger partial charge on any atom is -0.308 e. The average molecular weight is 346 g/mol. The van der Waals surface area contributed by atoms with Gasteiger partial charge in [0.25, 0.3) is 0 Å². The molecule has 0 saturated heterocycles. The number of anilines is 1. The summed E-state index contributed by atoms with van der Waals surface area (Å²) in [7, 11) is 0. The topological polar surface area (TPSA) is 92.6 Å². The van der Waals surface area contributed by atoms with Crippen LogP contribution < -0.4 is 4.90 Å². The van der Waals surface area contributed by atoms with Crippen molar-refractivity contribution in [1.29, 1.82) is 0 Å². The number of carbonyl (C=O) groups excluding carboxylic acids is 1. The molecule has 0 aliphatic rings. The first-order chi connectivity index (χ1) is 11.7. The zero-order valence-electron chi connectivity index (χ0n) is 13.1. The fourth-order valence-electron chi connectivity index (χ4n) is 2.34. The van der Waals surface area contributed by atoms with E-state index in [1.807, 2.05) is 19.1 Å². The molecule has 0 atom stereocenters. The fourth-order valence-corrected chi connectivity index (χ4v) is 2.57. The summed E-state index contributed by atoms with van der Waals surface area (Å²) in [6, 6.07) is 3.67. The van der Waals surface area contributed by atoms with Crippen molar-refractivity contribution in [3.63, 3.8) is 0 Å². The molecule has 0 unspecified atom stereocenters. The van der Waals surface area contributed by atoms with Gasteiger partial charge < -0.3 is 4.90 Å². The second-order valence-electron chi connectivity index (χ2n) is 5.03. The quantitative estimate of drug-likeness (QED) is 0.737. The summed E-state index contributed by atoms with van der Waals surface area (Å²) >= 11 is 6.24. The summed E-state index contributed by atoms with van der Waals surface area (Å²) in [5, 5.41) is 11.1. The zero-order valence-corrected chi connectivity index (χ0v) is 13.8. The second-order valence-corrected chi connectivity index (χ2v) is 5.39. The first kappa shape index (κ1) is 16.1. The lowest BCUT2D eigenvalue weighted by molar-refractivity contribution is -0.118. The number of nitrogens with one attached hydrogen (secondary N) is 1. The van der Waals surface area contributed by atoms with Gasteiger partial charge in [-0.2, -0.15) is 10.2 Å². The molecule has 124 valence electrons. The van der Waals surface area contributed by atoms with Gasteiger partial charge in [-0.15, -0.1) is 0 Å². The molecule has 8 nitrogen and oxygen atoms in total. The Labute approximate surface area is 143 Å². The smallest absolute Gasteiger partial charge is 0.227 e. The SMILES string of the molecule is CCN(C(=O)CCc1ncn[nH]1)c1cn(-c2cccnc2)nc1Cl. The molecule has 3 heterocycles. The van der Waals surface area contributed by atoms with Crippen molar-refractivity contribution in [2.45, 2.75) is 19.8 Å². The normalized spacial score (nSPS) is 10.8. The number of hydrogen-bond acceptors (Lipinski definition) is 5. The Hall–Kier alpha value is -2.74. The van der Waals surface area contributed by atoms with Gasteiger partial charge in [0.2, 0.25) is 5.91 Å². The van der Waals surface area contributed by atoms with Crippen LogP contribution in [-0.4, -0.2) is 42.4 Å². The molecule has 0 radical (unpaired) electrons. The van der Waals surface area contributed by atoms with Gasteiger partial charge in [-0.25, -0.2) is 9.67 Å². The molecule has 0 spiro atoms. The zero-order chi connectivity index (χ0) is 16.9. The van der Waals surface area contributed by atoms with Crippen LogP contribution in [0.2, 0.25) is 5.15 Å². The van der Waals surface area contributed by atoms with Gasteiger partial charge in [0.15, 0.2) is 5.15 Å². The maximum Gasteiger partial charge on any atom is 0.227 e. The van der Waals surface area contributed by atoms with Gasteiger partial charge in [-0.1, -0.05) is 11.6 Å². The molecule has 0 bridgehead atoms. The van der Waals surface area contributed by atoms with Gasteiger partial charge in [0.05, 0.1) is 18.1 Å². The molecule has 0 aromatic carbocycles. The van der Waals surface area contributed by atoms with Gasteiger partial charge in [-0.05, 0) is 19.1 Å². The lowest BCUT2D eigenvalue weighted by Crippen LogP contribution is -2.30. The molecule has 0 fully saturated rings. The van der Waals surface area contributed by atoms with Crippen molar-refractivity contribution in [1.82, 2.24) is 29.9 Å². The van der Waals surface area contributed by atoms with Crippen LogP contribution in [0.4, 0.5) is 5.69 Å². The Morgan fingerprint density at radius 2 is 2.33 bits per heavy atom. The number of aromatic nitrogens is 6. The van der Waals surface area contributed by atoms with Crippen LogP contribution in [0.25, 0.3) is 5.69 Å². The maximum absolute atomic E-state index is 12.5. The van der Waals surface area contributed by atoms with Crippen LogP contribution in [-0.2, 0) is 11.2 Å². The number of aromatic amines is 1. The number of aryl methyl sites for hydroxylation is 1. The number of amides is 1. The Morgan fingerprint density at radius 1 is 1.46 bits per heavy atom. The fraction of sp³-hybridized carbons (Fsp3) is 0.267. The van der Waals surface area contributed by atoms with E-state index >= 15 is 0 Å². The van der Waals surface area contributed by atoms with E-state index in [2.05, 4.69) is 25.3 Å². The van der Waals surface area contributed by atoms with E-state index in [1.165, 1.54) is 6.33 Å². The minimum absolute atomic E-state index is 0.0541. The summed E-state index contributed by atoms with van der Waals surface area (Å²) < 4.78 is 1.61. The highest BCUT2D eigenvalue weighted by molar-refractivity contribution is 6.32. The number of nitrogens with zero attached hydrogens (tertiary/aromatic N) is 6. The van der Waals surface area contributed by atoms with Crippen molar-refractivity contribution in [3.05, 3.63) is 48.0 Å². The highest BCUT2D eigenvalue weighted by Crippen LogP contribution is 2.26. The van der Waals surface area contributed by atoms with Crippen molar-refractivity contribution in [3.8, 4) is 5.69 Å². The molecule has 0 aliphatic heterocycles. The van der Waals surface area contributed by atoms with Crippen molar-refractivity contribution < 1.29 is 4.79 Å². The Kier molecular flexibility index (Phi) is 4.85. The summed E-state index contributed by atoms with van der Waals surface area (Å²) in [5.41, 5.74) is 1.35. The highest BCUT2D eigenvalue weighted by atomic mass is 35.5. The van der Waals surface area contributed by atoms with E-state index < -0.39 is 0 Å². The van der Waals surface area contributed by atoms with Crippen molar-refractivity contribution >= 4 is 23.2 Å². The molecule has 24 heavy (non-hydrogen) atoms. The average Bonchev–Trinajstić information content (AvgIpc) is 3.25. The molecular formula is C15H16ClN7O. The van der Waals surface area contributed by atoms with E-state index in [-0.39, 0.29) is 11.1 Å². The van der Waals surface area contributed by atoms with Crippen molar-refractivity contribution in [2.75, 3.05) is 11.4 Å². The molecule has 0 aliphatic carbocycles. The summed E-state index contributed by atoms with van der Waals surface area (Å²) in [6.45, 7) is 2.39. The van der Waals surface area contributed by atoms with Crippen LogP contribution in [0.5, 0.6) is 0 Å². The van der Waals surface area contributed by atoms with Gasteiger partial charge in [0, 0.05) is 25.6 Å². The van der Waals surface area contributed by atoms with Gasteiger partial charge in [-0.3, -0.25) is 14.9 Å². The number of rotatable bonds is 6. The molecule has 3 aromatic rings. The Morgan fingerprint density at radius 3 is 3.00 bits per heavy atom. The molecule has 9 heteroatoms. The lowest BCUT2D eigenvalue weighted by Gasteiger charge is -2.19. The molecule has 3 aromatic heterocycles. The van der Waals surface area contributed by atoms with E-state index in [1.54, 1.807) is 28.2 Å². The van der Waals surface area contributed by atoms with Crippen LogP contribution in [0, 0.1) is 0 Å². The predicted molar refractivity (Wildman–Crippen MR) is 89.1 cm³/mol. The highest BCUT2D eigenvalue weighted by Gasteiger charge is 2.20. The standard InChI is InChI=1S/C15H16ClN7O/c1-2-22(14(24)6-5-13-18-10-19-20-13)12-9-23(21-15(12)16)11-4-3-7-17-8-11/h3-4,7-10H,2,5-6H2,1H3,(H,18,19,20). The number of H-pyrrole nitrogens is 1. The maximum atomic E-state index is 12.5. The summed E-state index contributed by atoms with van der Waals surface area (Å²) in [4.78, 5) is 22.2. The number of hydrogen-bond donors (Lipinski definition) is 1. The molecular weight excluding hydrogens is 330 g/mol. The van der Waals surface area contributed by atoms with E-state index in [0.717, 1.165) is 5.69 Å². The third-order valence-corrected chi connectivity index (χ3v) is 3.78. The lowest BCUT2D eigenvalue weighted by atomic mass is 10.2. The molecule has 3 rings (SSSR count). The number of pyridine rings is 1. The van der Waals surface area contributed by atoms with Crippen molar-refractivity contribution in [2.24, 2.45) is 0 Å². The predicted octanol–water partition coefficient (Wildman–Crippen LogP) is 2.02. The van der Waals surface area contributed by atoms with Gasteiger partial charge >= 0.3 is 0 Å². The van der Waals surface area contributed by atoms with Crippen LogP contribution in [0.1, 0.15) is 19.2 Å². The molecule has 1 amide bonds. The number of halogens is 1. The molecule has 0 saturated carbocycles. The third kappa shape index (κ3) is 3.43. The first-order valence-corrected chi connectivity index (χ1v) is 7.87. The third-order valence-electron chi connectivity index (χ3n) is 3.51. The van der Waals surface area contributed by atoms with Gasteiger partial charge in [0.1, 0.15) is 17.8 Å². The Balaban J connectivity index is 1.77. The summed E-state index contributed by atoms with van der Waals surface area (Å²) in [6.07, 6.45) is 7.30. The van der Waals surface area contributed by atoms with E-state index in [4.69, 9.17) is 11.6 Å². The summed E-state index contributed by atoms with van der Waals surface area (Å²) in [5.74, 6) is 0.623. The van der Waals surface area contributed by atoms with Crippen LogP contribution >= 0.6 is 11.6 Å². The minimum atomic E-state index is -0.0541.